The molecule has 5 nitrogen and oxygen atoms in total. The molecule has 0 fully saturated rings. The van der Waals surface area contributed by atoms with E-state index in [2.05, 4.69) is 10.6 Å². The van der Waals surface area contributed by atoms with Gasteiger partial charge < -0.3 is 15.4 Å². The number of methoxy groups -OCH3 is 1. The molecule has 0 aromatic heterocycles. The van der Waals surface area contributed by atoms with Crippen LogP contribution in [0.5, 0.6) is 5.75 Å². The zero-order chi connectivity index (χ0) is 20.6. The van der Waals surface area contributed by atoms with Gasteiger partial charge in [0.15, 0.2) is 0 Å². The predicted molar refractivity (Wildman–Crippen MR) is 110 cm³/mol. The Balaban J connectivity index is 1.57. The van der Waals surface area contributed by atoms with Crippen LogP contribution in [0.25, 0.3) is 0 Å². The number of ether oxygens (including phenoxy) is 1. The standard InChI is InChI=1S/C23H21FN2O3/c1-29-21-10-8-16(9-11-21)12-13-25-22(27)17-4-2-5-18(14-17)23(28)26-20-7-3-6-19(24)15-20/h2-11,14-15H,12-13H2,1H3,(H,25,27)(H,26,28). The van der Waals surface area contributed by atoms with E-state index in [0.717, 1.165) is 11.3 Å². The summed E-state index contributed by atoms with van der Waals surface area (Å²) in [6.45, 7) is 0.463. The van der Waals surface area contributed by atoms with Gasteiger partial charge in [0, 0.05) is 23.4 Å². The first kappa shape index (κ1) is 20.1. The molecule has 0 aliphatic carbocycles. The highest BCUT2D eigenvalue weighted by atomic mass is 19.1. The average Bonchev–Trinajstić information content (AvgIpc) is 2.74. The lowest BCUT2D eigenvalue weighted by atomic mass is 10.1. The second kappa shape index (κ2) is 9.50. The maximum atomic E-state index is 13.3. The van der Waals surface area contributed by atoms with Crippen molar-refractivity contribution in [3.63, 3.8) is 0 Å². The van der Waals surface area contributed by atoms with E-state index in [1.54, 1.807) is 31.4 Å². The molecule has 0 saturated carbocycles. The van der Waals surface area contributed by atoms with Crippen LogP contribution in [-0.2, 0) is 6.42 Å². The number of benzene rings is 3. The monoisotopic (exact) mass is 392 g/mol. The number of amides is 2. The summed E-state index contributed by atoms with van der Waals surface area (Å²) in [5.74, 6) is -0.332. The molecule has 0 unspecified atom stereocenters. The summed E-state index contributed by atoms with van der Waals surface area (Å²) < 4.78 is 18.4. The molecule has 2 amide bonds. The fourth-order valence-electron chi connectivity index (χ4n) is 2.79. The van der Waals surface area contributed by atoms with Gasteiger partial charge in [-0.05, 0) is 60.5 Å². The molecular formula is C23H21FN2O3. The maximum absolute atomic E-state index is 13.3. The van der Waals surface area contributed by atoms with Crippen molar-refractivity contribution in [2.45, 2.75) is 6.42 Å². The normalized spacial score (nSPS) is 10.3. The summed E-state index contributed by atoms with van der Waals surface area (Å²) in [5, 5.41) is 5.47. The van der Waals surface area contributed by atoms with E-state index < -0.39 is 11.7 Å². The smallest absolute Gasteiger partial charge is 0.255 e. The van der Waals surface area contributed by atoms with Gasteiger partial charge in [0.25, 0.3) is 11.8 Å². The summed E-state index contributed by atoms with van der Waals surface area (Å²) in [7, 11) is 1.61. The van der Waals surface area contributed by atoms with E-state index in [1.165, 1.54) is 24.3 Å². The summed E-state index contributed by atoms with van der Waals surface area (Å²) in [6, 6.07) is 19.7. The largest absolute Gasteiger partial charge is 0.497 e. The van der Waals surface area contributed by atoms with Gasteiger partial charge in [-0.1, -0.05) is 24.3 Å². The first-order chi connectivity index (χ1) is 14.0. The Morgan fingerprint density at radius 3 is 2.28 bits per heavy atom. The lowest BCUT2D eigenvalue weighted by molar-refractivity contribution is 0.0954. The molecule has 2 N–H and O–H groups in total. The molecule has 3 aromatic carbocycles. The molecule has 29 heavy (non-hydrogen) atoms. The summed E-state index contributed by atoms with van der Waals surface area (Å²) in [6.07, 6.45) is 0.676. The van der Waals surface area contributed by atoms with Gasteiger partial charge in [0.05, 0.1) is 7.11 Å². The van der Waals surface area contributed by atoms with Crippen molar-refractivity contribution in [2.75, 3.05) is 19.0 Å². The van der Waals surface area contributed by atoms with E-state index in [9.17, 15) is 14.0 Å². The summed E-state index contributed by atoms with van der Waals surface area (Å²) in [5.41, 5.74) is 2.13. The van der Waals surface area contributed by atoms with Gasteiger partial charge in [-0.3, -0.25) is 9.59 Å². The van der Waals surface area contributed by atoms with Crippen LogP contribution in [0.2, 0.25) is 0 Å². The zero-order valence-electron chi connectivity index (χ0n) is 15.9. The molecule has 0 atom stereocenters. The zero-order valence-corrected chi connectivity index (χ0v) is 15.9. The van der Waals surface area contributed by atoms with E-state index in [0.29, 0.717) is 29.8 Å². The predicted octanol–water partition coefficient (Wildman–Crippen LogP) is 4.06. The summed E-state index contributed by atoms with van der Waals surface area (Å²) >= 11 is 0. The van der Waals surface area contributed by atoms with Crippen molar-refractivity contribution < 1.29 is 18.7 Å². The van der Waals surface area contributed by atoms with Crippen LogP contribution in [0.1, 0.15) is 26.3 Å². The highest BCUT2D eigenvalue weighted by Crippen LogP contribution is 2.13. The van der Waals surface area contributed by atoms with Gasteiger partial charge in [0.1, 0.15) is 11.6 Å². The Hall–Kier alpha value is -3.67. The minimum Gasteiger partial charge on any atom is -0.497 e. The van der Waals surface area contributed by atoms with Crippen LogP contribution in [0.3, 0.4) is 0 Å². The van der Waals surface area contributed by atoms with Crippen LogP contribution in [0.15, 0.2) is 72.8 Å². The van der Waals surface area contributed by atoms with Gasteiger partial charge in [-0.2, -0.15) is 0 Å². The molecule has 0 aliphatic rings. The van der Waals surface area contributed by atoms with Gasteiger partial charge in [-0.15, -0.1) is 0 Å². The molecular weight excluding hydrogens is 371 g/mol. The number of rotatable bonds is 7. The van der Waals surface area contributed by atoms with Crippen molar-refractivity contribution >= 4 is 17.5 Å². The number of carbonyl (C=O) groups is 2. The molecule has 3 rings (SSSR count). The number of hydrogen-bond donors (Lipinski definition) is 2. The van der Waals surface area contributed by atoms with Crippen LogP contribution in [-0.4, -0.2) is 25.5 Å². The van der Waals surface area contributed by atoms with Crippen LogP contribution in [0, 0.1) is 5.82 Å². The van der Waals surface area contributed by atoms with Crippen LogP contribution >= 0.6 is 0 Å². The van der Waals surface area contributed by atoms with Crippen molar-refractivity contribution in [1.29, 1.82) is 0 Å². The van der Waals surface area contributed by atoms with Crippen molar-refractivity contribution in [3.8, 4) is 5.75 Å². The molecule has 6 heteroatoms. The third-order valence-electron chi connectivity index (χ3n) is 4.33. The van der Waals surface area contributed by atoms with E-state index in [1.807, 2.05) is 24.3 Å². The minimum absolute atomic E-state index is 0.265. The SMILES string of the molecule is COc1ccc(CCNC(=O)c2cccc(C(=O)Nc3cccc(F)c3)c2)cc1. The first-order valence-corrected chi connectivity index (χ1v) is 9.13. The average molecular weight is 392 g/mol. The van der Waals surface area contributed by atoms with Crippen LogP contribution < -0.4 is 15.4 Å². The number of nitrogens with one attached hydrogen (secondary N) is 2. The second-order valence-electron chi connectivity index (χ2n) is 6.40. The topological polar surface area (TPSA) is 67.4 Å². The lowest BCUT2D eigenvalue weighted by Gasteiger charge is -2.09. The van der Waals surface area contributed by atoms with E-state index in [-0.39, 0.29) is 5.91 Å². The number of hydrogen-bond acceptors (Lipinski definition) is 3. The third kappa shape index (κ3) is 5.65. The molecule has 3 aromatic rings. The van der Waals surface area contributed by atoms with E-state index in [4.69, 9.17) is 4.74 Å². The van der Waals surface area contributed by atoms with Crippen molar-refractivity contribution in [3.05, 3.63) is 95.3 Å². The number of carbonyl (C=O) groups excluding carboxylic acids is 2. The quantitative estimate of drug-likeness (QED) is 0.637. The van der Waals surface area contributed by atoms with Gasteiger partial charge >= 0.3 is 0 Å². The Bertz CT molecular complexity index is 1000. The molecule has 0 radical (unpaired) electrons. The fraction of sp³-hybridized carbons (Fsp3) is 0.130. The second-order valence-corrected chi connectivity index (χ2v) is 6.40. The highest BCUT2D eigenvalue weighted by molar-refractivity contribution is 6.06. The summed E-state index contributed by atoms with van der Waals surface area (Å²) in [4.78, 5) is 24.8. The highest BCUT2D eigenvalue weighted by Gasteiger charge is 2.11. The molecule has 0 spiro atoms. The Morgan fingerprint density at radius 2 is 1.59 bits per heavy atom. The van der Waals surface area contributed by atoms with Crippen molar-refractivity contribution in [2.24, 2.45) is 0 Å². The lowest BCUT2D eigenvalue weighted by Crippen LogP contribution is -2.26. The van der Waals surface area contributed by atoms with E-state index >= 15 is 0 Å². The molecule has 0 saturated heterocycles. The third-order valence-corrected chi connectivity index (χ3v) is 4.33. The number of halogens is 1. The minimum atomic E-state index is -0.437. The molecule has 0 bridgehead atoms. The molecule has 148 valence electrons. The maximum Gasteiger partial charge on any atom is 0.255 e. The molecule has 0 aliphatic heterocycles. The fourth-order valence-corrected chi connectivity index (χ4v) is 2.79. The first-order valence-electron chi connectivity index (χ1n) is 9.13. The molecule has 0 heterocycles. The van der Waals surface area contributed by atoms with Gasteiger partial charge in [0.2, 0.25) is 0 Å². The Labute approximate surface area is 168 Å². The number of anilines is 1. The Kier molecular flexibility index (Phi) is 6.58. The Morgan fingerprint density at radius 1 is 0.897 bits per heavy atom. The van der Waals surface area contributed by atoms with Crippen LogP contribution in [0.4, 0.5) is 10.1 Å². The van der Waals surface area contributed by atoms with Crippen molar-refractivity contribution in [1.82, 2.24) is 5.32 Å². The van der Waals surface area contributed by atoms with Gasteiger partial charge in [-0.25, -0.2) is 4.39 Å².